The highest BCUT2D eigenvalue weighted by Crippen LogP contribution is 2.50. The molecule has 2 aliphatic rings. The van der Waals surface area contributed by atoms with Crippen molar-refractivity contribution in [2.45, 2.75) is 30.9 Å². The van der Waals surface area contributed by atoms with Gasteiger partial charge in [0.25, 0.3) is 0 Å². The third-order valence-corrected chi connectivity index (χ3v) is 3.44. The van der Waals surface area contributed by atoms with E-state index in [4.69, 9.17) is 0 Å². The molecule has 4 atom stereocenters. The Labute approximate surface area is 58.9 Å². The SMILES string of the molecule is OC1CC2CC([Si])C1C2. The van der Waals surface area contributed by atoms with E-state index in [2.05, 4.69) is 10.2 Å². The maximum atomic E-state index is 9.36. The van der Waals surface area contributed by atoms with Gasteiger partial charge in [-0.2, -0.15) is 0 Å². The maximum absolute atomic E-state index is 9.36. The number of rotatable bonds is 0. The van der Waals surface area contributed by atoms with Crippen LogP contribution in [0.1, 0.15) is 19.3 Å². The normalized spacial score (nSPS) is 56.7. The molecule has 0 aromatic heterocycles. The number of hydrogen-bond donors (Lipinski definition) is 1. The maximum Gasteiger partial charge on any atom is 0.0570 e. The van der Waals surface area contributed by atoms with E-state index in [1.807, 2.05) is 0 Å². The summed E-state index contributed by atoms with van der Waals surface area (Å²) in [7, 11) is 3.62. The van der Waals surface area contributed by atoms with Crippen LogP contribution < -0.4 is 0 Å². The molecule has 2 aliphatic carbocycles. The van der Waals surface area contributed by atoms with Crippen molar-refractivity contribution >= 4 is 10.2 Å². The van der Waals surface area contributed by atoms with Gasteiger partial charge in [0.05, 0.1) is 6.10 Å². The molecule has 1 N–H and O–H groups in total. The Morgan fingerprint density at radius 1 is 1.22 bits per heavy atom. The number of hydrogen-bond acceptors (Lipinski definition) is 1. The fourth-order valence-corrected chi connectivity index (χ4v) is 3.00. The zero-order valence-corrected chi connectivity index (χ0v) is 6.38. The van der Waals surface area contributed by atoms with E-state index < -0.39 is 0 Å². The average molecular weight is 139 g/mol. The van der Waals surface area contributed by atoms with Crippen molar-refractivity contribution < 1.29 is 5.11 Å². The molecule has 0 aromatic carbocycles. The van der Waals surface area contributed by atoms with Crippen LogP contribution >= 0.6 is 0 Å². The second kappa shape index (κ2) is 1.83. The molecule has 1 nitrogen and oxygen atoms in total. The van der Waals surface area contributed by atoms with Crippen molar-refractivity contribution in [3.63, 3.8) is 0 Å². The minimum atomic E-state index is 0.00579. The van der Waals surface area contributed by atoms with Crippen LogP contribution in [0.15, 0.2) is 0 Å². The van der Waals surface area contributed by atoms with Gasteiger partial charge >= 0.3 is 0 Å². The summed E-state index contributed by atoms with van der Waals surface area (Å²) < 4.78 is 0. The van der Waals surface area contributed by atoms with Gasteiger partial charge in [-0.25, -0.2) is 0 Å². The largest absolute Gasteiger partial charge is 0.393 e. The van der Waals surface area contributed by atoms with E-state index in [9.17, 15) is 5.11 Å². The molecule has 0 heterocycles. The highest BCUT2D eigenvalue weighted by Gasteiger charge is 2.42. The van der Waals surface area contributed by atoms with Gasteiger partial charge < -0.3 is 5.11 Å². The van der Waals surface area contributed by atoms with Crippen LogP contribution in [0.5, 0.6) is 0 Å². The number of aliphatic hydroxyl groups excluding tert-OH is 1. The third-order valence-electron chi connectivity index (χ3n) is 2.78. The second-order valence-electron chi connectivity index (χ2n) is 3.41. The highest BCUT2D eigenvalue weighted by molar-refractivity contribution is 6.12. The van der Waals surface area contributed by atoms with Gasteiger partial charge in [-0.1, -0.05) is 6.42 Å². The van der Waals surface area contributed by atoms with Gasteiger partial charge in [0.2, 0.25) is 0 Å². The highest BCUT2D eigenvalue weighted by atomic mass is 28.1. The summed E-state index contributed by atoms with van der Waals surface area (Å²) in [5, 5.41) is 9.36. The summed E-state index contributed by atoms with van der Waals surface area (Å²) in [5.74, 6) is 1.40. The average Bonchev–Trinajstić information content (AvgIpc) is 2.22. The third kappa shape index (κ3) is 0.766. The molecule has 49 valence electrons. The van der Waals surface area contributed by atoms with Crippen molar-refractivity contribution in [1.29, 1.82) is 0 Å². The molecule has 2 fully saturated rings. The van der Waals surface area contributed by atoms with E-state index >= 15 is 0 Å². The molecule has 9 heavy (non-hydrogen) atoms. The van der Waals surface area contributed by atoms with Crippen molar-refractivity contribution in [3.8, 4) is 0 Å². The predicted octanol–water partition coefficient (Wildman–Crippen LogP) is 0.734. The molecule has 0 aliphatic heterocycles. The lowest BCUT2D eigenvalue weighted by molar-refractivity contribution is 0.114. The molecule has 4 unspecified atom stereocenters. The van der Waals surface area contributed by atoms with Crippen LogP contribution in [0, 0.1) is 11.8 Å². The van der Waals surface area contributed by atoms with Crippen LogP contribution in [0.2, 0.25) is 5.54 Å². The Morgan fingerprint density at radius 2 is 2.00 bits per heavy atom. The number of aliphatic hydroxyl groups is 1. The van der Waals surface area contributed by atoms with Gasteiger partial charge in [-0.3, -0.25) is 0 Å². The fraction of sp³-hybridized carbons (Fsp3) is 1.00. The first-order valence-corrected chi connectivity index (χ1v) is 4.24. The summed E-state index contributed by atoms with van der Waals surface area (Å²) in [5.41, 5.74) is 0.610. The second-order valence-corrected chi connectivity index (χ2v) is 4.15. The summed E-state index contributed by atoms with van der Waals surface area (Å²) in [6.45, 7) is 0. The molecule has 2 rings (SSSR count). The number of fused-ring (bicyclic) bond motifs is 2. The Hall–Kier alpha value is 0.177. The first kappa shape index (κ1) is 5.92. The fourth-order valence-electron chi connectivity index (χ4n) is 2.31. The van der Waals surface area contributed by atoms with E-state index in [1.54, 1.807) is 0 Å². The van der Waals surface area contributed by atoms with Crippen LogP contribution in [-0.2, 0) is 0 Å². The first-order chi connectivity index (χ1) is 4.27. The topological polar surface area (TPSA) is 20.2 Å². The van der Waals surface area contributed by atoms with Crippen LogP contribution in [-0.4, -0.2) is 21.5 Å². The molecule has 2 heteroatoms. The van der Waals surface area contributed by atoms with Gasteiger partial charge in [-0.05, 0) is 30.2 Å². The van der Waals surface area contributed by atoms with Gasteiger partial charge in [0, 0.05) is 10.2 Å². The van der Waals surface area contributed by atoms with Crippen molar-refractivity contribution in [3.05, 3.63) is 0 Å². The van der Waals surface area contributed by atoms with Crippen LogP contribution in [0.3, 0.4) is 0 Å². The van der Waals surface area contributed by atoms with Crippen molar-refractivity contribution in [2.24, 2.45) is 11.8 Å². The van der Waals surface area contributed by atoms with Crippen LogP contribution in [0.4, 0.5) is 0 Å². The van der Waals surface area contributed by atoms with Crippen LogP contribution in [0.25, 0.3) is 0 Å². The molecule has 0 aromatic rings. The predicted molar refractivity (Wildman–Crippen MR) is 36.3 cm³/mol. The summed E-state index contributed by atoms with van der Waals surface area (Å²) >= 11 is 0. The smallest absolute Gasteiger partial charge is 0.0570 e. The van der Waals surface area contributed by atoms with Gasteiger partial charge in [0.1, 0.15) is 0 Å². The zero-order chi connectivity index (χ0) is 6.43. The standard InChI is InChI=1S/C7H11OSi/c8-6-2-4-1-5(6)7(9)3-4/h4-8H,1-3H2. The Kier molecular flexibility index (Phi) is 1.20. The molecular weight excluding hydrogens is 128 g/mol. The zero-order valence-electron chi connectivity index (χ0n) is 5.38. The lowest BCUT2D eigenvalue weighted by atomic mass is 9.97. The molecule has 2 bridgehead atoms. The molecule has 3 radical (unpaired) electrons. The molecule has 0 saturated heterocycles. The lowest BCUT2D eigenvalue weighted by Crippen LogP contribution is -2.20. The van der Waals surface area contributed by atoms with E-state index in [-0.39, 0.29) is 6.10 Å². The van der Waals surface area contributed by atoms with Crippen molar-refractivity contribution in [1.82, 2.24) is 0 Å². The van der Waals surface area contributed by atoms with E-state index in [0.29, 0.717) is 11.5 Å². The first-order valence-electron chi connectivity index (χ1n) is 3.66. The quantitative estimate of drug-likeness (QED) is 0.491. The summed E-state index contributed by atoms with van der Waals surface area (Å²) in [6.07, 6.45) is 3.62. The molecule has 0 spiro atoms. The van der Waals surface area contributed by atoms with Gasteiger partial charge in [-0.15, -0.1) is 0 Å². The molecule has 0 amide bonds. The summed E-state index contributed by atoms with van der Waals surface area (Å²) in [4.78, 5) is 0. The monoisotopic (exact) mass is 139 g/mol. The minimum Gasteiger partial charge on any atom is -0.393 e. The molecular formula is C7H11OSi. The summed E-state index contributed by atoms with van der Waals surface area (Å²) in [6, 6.07) is 0. The molecule has 2 saturated carbocycles. The lowest BCUT2D eigenvalue weighted by Gasteiger charge is -2.21. The minimum absolute atomic E-state index is 0.00579. The van der Waals surface area contributed by atoms with E-state index in [1.165, 1.54) is 12.8 Å². The Balaban J connectivity index is 2.13. The Morgan fingerprint density at radius 3 is 2.33 bits per heavy atom. The van der Waals surface area contributed by atoms with Crippen molar-refractivity contribution in [2.75, 3.05) is 0 Å². The van der Waals surface area contributed by atoms with Gasteiger partial charge in [0.15, 0.2) is 0 Å². The van der Waals surface area contributed by atoms with E-state index in [0.717, 1.165) is 12.3 Å². The Bertz CT molecular complexity index is 114.